The first kappa shape index (κ1) is 10.2. The van der Waals surface area contributed by atoms with Gasteiger partial charge >= 0.3 is 0 Å². The van der Waals surface area contributed by atoms with Crippen LogP contribution in [0.4, 0.5) is 0 Å². The van der Waals surface area contributed by atoms with Crippen LogP contribution < -0.4 is 5.32 Å². The van der Waals surface area contributed by atoms with E-state index in [1.807, 2.05) is 6.92 Å². The van der Waals surface area contributed by atoms with Crippen LogP contribution in [0.25, 0.3) is 0 Å². The topological polar surface area (TPSA) is 32.3 Å². The molecule has 0 spiro atoms. The van der Waals surface area contributed by atoms with E-state index in [0.717, 1.165) is 24.8 Å². The molecule has 2 fully saturated rings. The van der Waals surface area contributed by atoms with Crippen LogP contribution in [0.15, 0.2) is 12.2 Å². The molecular formula is C12H21NO. The summed E-state index contributed by atoms with van der Waals surface area (Å²) in [4.78, 5) is 0. The zero-order chi connectivity index (χ0) is 10.2. The van der Waals surface area contributed by atoms with Crippen molar-refractivity contribution >= 4 is 0 Å². The molecule has 0 aromatic heterocycles. The van der Waals surface area contributed by atoms with Crippen molar-refractivity contribution in [2.45, 2.75) is 63.1 Å². The molecule has 2 N–H and O–H groups in total. The van der Waals surface area contributed by atoms with Gasteiger partial charge in [-0.3, -0.25) is 0 Å². The number of rotatable bonds is 2. The number of hydrogen-bond donors (Lipinski definition) is 2. The Kier molecular flexibility index (Phi) is 2.67. The highest BCUT2D eigenvalue weighted by molar-refractivity contribution is 5.04. The van der Waals surface area contributed by atoms with Crippen LogP contribution in [-0.4, -0.2) is 22.8 Å². The van der Waals surface area contributed by atoms with Crippen LogP contribution in [0.5, 0.6) is 0 Å². The second-order valence-corrected chi connectivity index (χ2v) is 5.26. The van der Waals surface area contributed by atoms with E-state index < -0.39 is 5.60 Å². The summed E-state index contributed by atoms with van der Waals surface area (Å²) in [7, 11) is 0. The lowest BCUT2D eigenvalue weighted by Gasteiger charge is -2.45. The van der Waals surface area contributed by atoms with Crippen molar-refractivity contribution in [1.82, 2.24) is 5.32 Å². The van der Waals surface area contributed by atoms with Crippen molar-refractivity contribution in [3.8, 4) is 0 Å². The molecule has 0 aromatic rings. The maximum absolute atomic E-state index is 10.4. The molecule has 2 bridgehead atoms. The zero-order valence-electron chi connectivity index (χ0n) is 9.05. The van der Waals surface area contributed by atoms with Crippen LogP contribution in [0.1, 0.15) is 45.4 Å². The van der Waals surface area contributed by atoms with E-state index in [2.05, 4.69) is 11.9 Å². The van der Waals surface area contributed by atoms with E-state index in [1.165, 1.54) is 19.3 Å². The van der Waals surface area contributed by atoms with Gasteiger partial charge in [-0.1, -0.05) is 12.0 Å². The highest BCUT2D eigenvalue weighted by Gasteiger charge is 2.40. The monoisotopic (exact) mass is 195 g/mol. The molecule has 2 aliphatic rings. The smallest absolute Gasteiger partial charge is 0.0714 e. The Hall–Kier alpha value is -0.340. The maximum Gasteiger partial charge on any atom is 0.0714 e. The van der Waals surface area contributed by atoms with Gasteiger partial charge in [0.1, 0.15) is 0 Å². The predicted molar refractivity (Wildman–Crippen MR) is 58.2 cm³/mol. The molecule has 2 nitrogen and oxygen atoms in total. The van der Waals surface area contributed by atoms with Gasteiger partial charge in [-0.25, -0.2) is 0 Å². The average molecular weight is 195 g/mol. The third-order valence-corrected chi connectivity index (χ3v) is 3.46. The lowest BCUT2D eigenvalue weighted by molar-refractivity contribution is -0.0300. The highest BCUT2D eigenvalue weighted by atomic mass is 16.3. The Balaban J connectivity index is 2.03. The van der Waals surface area contributed by atoms with E-state index >= 15 is 0 Å². The molecule has 0 radical (unpaired) electrons. The van der Waals surface area contributed by atoms with E-state index in [1.54, 1.807) is 0 Å². The lowest BCUT2D eigenvalue weighted by atomic mass is 9.75. The van der Waals surface area contributed by atoms with Gasteiger partial charge in [-0.15, -0.1) is 6.58 Å². The molecule has 2 heteroatoms. The van der Waals surface area contributed by atoms with Gasteiger partial charge < -0.3 is 10.4 Å². The summed E-state index contributed by atoms with van der Waals surface area (Å²) in [5, 5.41) is 14.0. The molecule has 14 heavy (non-hydrogen) atoms. The molecule has 2 atom stereocenters. The molecule has 0 aliphatic carbocycles. The number of fused-ring (bicyclic) bond motifs is 2. The largest absolute Gasteiger partial charge is 0.389 e. The summed E-state index contributed by atoms with van der Waals surface area (Å²) in [5.41, 5.74) is 0.639. The summed E-state index contributed by atoms with van der Waals surface area (Å²) in [6.45, 7) is 5.92. The van der Waals surface area contributed by atoms with Gasteiger partial charge in [0.15, 0.2) is 0 Å². The lowest BCUT2D eigenvalue weighted by Crippen LogP contribution is -2.55. The molecule has 0 saturated carbocycles. The second-order valence-electron chi connectivity index (χ2n) is 5.26. The Labute approximate surface area is 86.4 Å². The Morgan fingerprint density at radius 2 is 2.00 bits per heavy atom. The van der Waals surface area contributed by atoms with Gasteiger partial charge in [0.2, 0.25) is 0 Å². The van der Waals surface area contributed by atoms with E-state index in [9.17, 15) is 5.11 Å². The normalized spacial score (nSPS) is 42.1. The fourth-order valence-electron chi connectivity index (χ4n) is 3.14. The average Bonchev–Trinajstić information content (AvgIpc) is 1.99. The molecule has 0 aromatic carbocycles. The van der Waals surface area contributed by atoms with Crippen molar-refractivity contribution in [1.29, 1.82) is 0 Å². The molecule has 80 valence electrons. The molecule has 0 amide bonds. The van der Waals surface area contributed by atoms with Gasteiger partial charge in [0, 0.05) is 12.1 Å². The van der Waals surface area contributed by atoms with Crippen molar-refractivity contribution in [2.24, 2.45) is 0 Å². The highest BCUT2D eigenvalue weighted by Crippen LogP contribution is 2.36. The second kappa shape index (κ2) is 3.67. The predicted octanol–water partition coefficient (Wildman–Crippen LogP) is 1.99. The van der Waals surface area contributed by atoms with Gasteiger partial charge in [-0.2, -0.15) is 0 Å². The molecule has 2 aliphatic heterocycles. The zero-order valence-corrected chi connectivity index (χ0v) is 9.05. The summed E-state index contributed by atoms with van der Waals surface area (Å²) in [6, 6.07) is 1.10. The minimum atomic E-state index is -0.465. The Morgan fingerprint density at radius 3 is 2.50 bits per heavy atom. The van der Waals surface area contributed by atoms with Crippen LogP contribution in [0.2, 0.25) is 0 Å². The van der Waals surface area contributed by atoms with E-state index in [-0.39, 0.29) is 0 Å². The number of hydrogen-bond acceptors (Lipinski definition) is 2. The van der Waals surface area contributed by atoms with Crippen LogP contribution in [-0.2, 0) is 0 Å². The van der Waals surface area contributed by atoms with Gasteiger partial charge in [0.25, 0.3) is 0 Å². The standard InChI is InChI=1S/C12H21NO/c1-9(2)6-12(14)7-10-4-3-5-11(8-12)13-10/h10-11,13-14H,1,3-8H2,2H3. The van der Waals surface area contributed by atoms with Crippen molar-refractivity contribution in [2.75, 3.05) is 0 Å². The first-order valence-corrected chi connectivity index (χ1v) is 5.70. The van der Waals surface area contributed by atoms with Crippen molar-refractivity contribution in [3.63, 3.8) is 0 Å². The van der Waals surface area contributed by atoms with E-state index in [0.29, 0.717) is 12.1 Å². The summed E-state index contributed by atoms with van der Waals surface area (Å²) >= 11 is 0. The fraction of sp³-hybridized carbons (Fsp3) is 0.833. The summed E-state index contributed by atoms with van der Waals surface area (Å²) in [5.74, 6) is 0. The van der Waals surface area contributed by atoms with Gasteiger partial charge in [-0.05, 0) is 39.0 Å². The molecular weight excluding hydrogens is 174 g/mol. The number of aliphatic hydroxyl groups is 1. The quantitative estimate of drug-likeness (QED) is 0.660. The maximum atomic E-state index is 10.4. The summed E-state index contributed by atoms with van der Waals surface area (Å²) < 4.78 is 0. The van der Waals surface area contributed by atoms with Crippen LogP contribution in [0, 0.1) is 0 Å². The molecule has 2 saturated heterocycles. The Bertz CT molecular complexity index is 224. The van der Waals surface area contributed by atoms with Crippen molar-refractivity contribution in [3.05, 3.63) is 12.2 Å². The van der Waals surface area contributed by atoms with Gasteiger partial charge in [0.05, 0.1) is 5.60 Å². The molecule has 2 unspecified atom stereocenters. The number of piperidine rings is 2. The molecule has 2 rings (SSSR count). The third kappa shape index (κ3) is 2.18. The first-order valence-electron chi connectivity index (χ1n) is 5.70. The van der Waals surface area contributed by atoms with Crippen molar-refractivity contribution < 1.29 is 5.11 Å². The summed E-state index contributed by atoms with van der Waals surface area (Å²) in [6.07, 6.45) is 6.39. The molecule has 2 heterocycles. The Morgan fingerprint density at radius 1 is 1.43 bits per heavy atom. The van der Waals surface area contributed by atoms with E-state index in [4.69, 9.17) is 0 Å². The minimum absolute atomic E-state index is 0.465. The third-order valence-electron chi connectivity index (χ3n) is 3.46. The first-order chi connectivity index (χ1) is 6.57. The SMILES string of the molecule is C=C(C)CC1(O)CC2CCCC(C1)N2. The minimum Gasteiger partial charge on any atom is -0.389 e. The van der Waals surface area contributed by atoms with Crippen LogP contribution >= 0.6 is 0 Å². The fourth-order valence-corrected chi connectivity index (χ4v) is 3.14. The number of nitrogens with one attached hydrogen (secondary N) is 1. The van der Waals surface area contributed by atoms with Crippen LogP contribution in [0.3, 0.4) is 0 Å².